The Hall–Kier alpha value is -3.32. The minimum Gasteiger partial charge on any atom is -0.406 e. The molecule has 1 aliphatic rings. The van der Waals surface area contributed by atoms with E-state index in [1.807, 2.05) is 4.90 Å². The molecule has 1 saturated heterocycles. The first kappa shape index (κ1) is 23.8. The molecule has 0 radical (unpaired) electrons. The normalized spacial score (nSPS) is 19.4. The molecule has 1 aliphatic heterocycles. The average Bonchev–Trinajstić information content (AvgIpc) is 3.34. The average molecular weight is 489 g/mol. The van der Waals surface area contributed by atoms with Crippen molar-refractivity contribution >= 4 is 0 Å². The van der Waals surface area contributed by atoms with Crippen LogP contribution in [0.5, 0.6) is 11.5 Å². The largest absolute Gasteiger partial charge is 0.573 e. The van der Waals surface area contributed by atoms with Crippen molar-refractivity contribution in [3.05, 3.63) is 60.0 Å². The number of aliphatic hydroxyl groups excluding tert-OH is 1. The second kappa shape index (κ2) is 9.14. The minimum atomic E-state index is -4.81. The van der Waals surface area contributed by atoms with Gasteiger partial charge >= 0.3 is 12.7 Å². The molecule has 0 bridgehead atoms. The fourth-order valence-corrected chi connectivity index (χ4v) is 3.64. The number of benzene rings is 2. The SMILES string of the molecule is O[C@@H]1C[C@@H](c2nc(-c3ccc(OC(F)(F)F)cc3)no2)N(Cc2ccc(OC(F)(F)F)cc2)C1. The molecule has 0 unspecified atom stereocenters. The van der Waals surface area contributed by atoms with E-state index in [9.17, 15) is 31.4 Å². The highest BCUT2D eigenvalue weighted by atomic mass is 19.4. The number of aromatic nitrogens is 2. The number of halogens is 6. The fourth-order valence-electron chi connectivity index (χ4n) is 3.64. The maximum absolute atomic E-state index is 12.3. The van der Waals surface area contributed by atoms with Crippen LogP contribution in [0.25, 0.3) is 11.4 Å². The zero-order chi connectivity index (χ0) is 24.5. The van der Waals surface area contributed by atoms with Crippen LogP contribution in [0, 0.1) is 0 Å². The number of rotatable bonds is 6. The molecular weight excluding hydrogens is 472 g/mol. The van der Waals surface area contributed by atoms with Crippen LogP contribution in [-0.4, -0.2) is 45.5 Å². The number of ether oxygens (including phenoxy) is 2. The van der Waals surface area contributed by atoms with Crippen molar-refractivity contribution in [2.75, 3.05) is 6.54 Å². The molecule has 2 atom stereocenters. The van der Waals surface area contributed by atoms with Crippen molar-refractivity contribution in [3.63, 3.8) is 0 Å². The number of hydrogen-bond acceptors (Lipinski definition) is 7. The molecular formula is C21H17F6N3O4. The van der Waals surface area contributed by atoms with Gasteiger partial charge in [-0.05, 0) is 48.4 Å². The molecule has 7 nitrogen and oxygen atoms in total. The Balaban J connectivity index is 1.45. The summed E-state index contributed by atoms with van der Waals surface area (Å²) in [6.07, 6.45) is -9.99. The van der Waals surface area contributed by atoms with Gasteiger partial charge in [-0.3, -0.25) is 4.90 Å². The van der Waals surface area contributed by atoms with Gasteiger partial charge in [-0.15, -0.1) is 26.3 Å². The van der Waals surface area contributed by atoms with Gasteiger partial charge in [0.15, 0.2) is 0 Å². The summed E-state index contributed by atoms with van der Waals surface area (Å²) >= 11 is 0. The molecule has 3 aromatic rings. The Labute approximate surface area is 188 Å². The molecule has 1 aromatic heterocycles. The zero-order valence-electron chi connectivity index (χ0n) is 17.2. The Morgan fingerprint density at radius 1 is 0.912 bits per heavy atom. The molecule has 1 fully saturated rings. The van der Waals surface area contributed by atoms with E-state index < -0.39 is 30.6 Å². The van der Waals surface area contributed by atoms with Crippen molar-refractivity contribution < 1.29 is 45.4 Å². The lowest BCUT2D eigenvalue weighted by Gasteiger charge is -2.21. The van der Waals surface area contributed by atoms with Crippen LogP contribution >= 0.6 is 0 Å². The first-order chi connectivity index (χ1) is 15.9. The Bertz CT molecular complexity index is 1100. The molecule has 34 heavy (non-hydrogen) atoms. The molecule has 182 valence electrons. The first-order valence-electron chi connectivity index (χ1n) is 9.92. The Morgan fingerprint density at radius 2 is 1.47 bits per heavy atom. The second-order valence-corrected chi connectivity index (χ2v) is 7.55. The minimum absolute atomic E-state index is 0.142. The lowest BCUT2D eigenvalue weighted by atomic mass is 10.1. The number of β-amino-alcohol motifs (C(OH)–C–C–N with tert-alkyl or cyclic N) is 1. The van der Waals surface area contributed by atoms with Gasteiger partial charge in [0.05, 0.1) is 12.1 Å². The van der Waals surface area contributed by atoms with E-state index in [1.165, 1.54) is 36.4 Å². The van der Waals surface area contributed by atoms with Gasteiger partial charge in [-0.2, -0.15) is 4.98 Å². The maximum Gasteiger partial charge on any atom is 0.573 e. The Kier molecular flexibility index (Phi) is 6.41. The summed E-state index contributed by atoms with van der Waals surface area (Å²) in [6, 6.07) is 9.83. The summed E-state index contributed by atoms with van der Waals surface area (Å²) in [7, 11) is 0. The van der Waals surface area contributed by atoms with Crippen molar-refractivity contribution in [2.24, 2.45) is 0 Å². The third-order valence-electron chi connectivity index (χ3n) is 5.00. The van der Waals surface area contributed by atoms with Crippen LogP contribution in [0.15, 0.2) is 53.1 Å². The van der Waals surface area contributed by atoms with Crippen molar-refractivity contribution in [1.82, 2.24) is 15.0 Å². The summed E-state index contributed by atoms with van der Waals surface area (Å²) in [5, 5.41) is 14.0. The smallest absolute Gasteiger partial charge is 0.406 e. The molecule has 0 amide bonds. The van der Waals surface area contributed by atoms with E-state index in [-0.39, 0.29) is 37.0 Å². The van der Waals surface area contributed by atoms with Crippen LogP contribution in [0.1, 0.15) is 23.9 Å². The second-order valence-electron chi connectivity index (χ2n) is 7.55. The van der Waals surface area contributed by atoms with E-state index in [4.69, 9.17) is 4.52 Å². The van der Waals surface area contributed by atoms with Gasteiger partial charge in [0.2, 0.25) is 11.7 Å². The summed E-state index contributed by atoms with van der Waals surface area (Å²) in [5.41, 5.74) is 1.07. The number of hydrogen-bond donors (Lipinski definition) is 1. The molecule has 4 rings (SSSR count). The molecule has 0 saturated carbocycles. The van der Waals surface area contributed by atoms with E-state index in [2.05, 4.69) is 19.6 Å². The van der Waals surface area contributed by atoms with Gasteiger partial charge in [0, 0.05) is 18.7 Å². The van der Waals surface area contributed by atoms with Crippen LogP contribution in [-0.2, 0) is 6.54 Å². The maximum atomic E-state index is 12.3. The van der Waals surface area contributed by atoms with Crippen LogP contribution < -0.4 is 9.47 Å². The number of alkyl halides is 6. The van der Waals surface area contributed by atoms with Crippen LogP contribution in [0.2, 0.25) is 0 Å². The third kappa shape index (κ3) is 6.17. The van der Waals surface area contributed by atoms with Gasteiger partial charge in [-0.25, -0.2) is 0 Å². The van der Waals surface area contributed by atoms with Crippen LogP contribution in [0.4, 0.5) is 26.3 Å². The monoisotopic (exact) mass is 489 g/mol. The standard InChI is InChI=1S/C21H17F6N3O4/c22-20(23,24)32-15-5-1-12(2-6-15)10-30-11-14(31)9-17(30)19-28-18(29-34-19)13-3-7-16(8-4-13)33-21(25,26)27/h1-8,14,17,31H,9-11H2/t14-,17+/m1/s1. The summed E-state index contributed by atoms with van der Waals surface area (Å²) in [4.78, 5) is 6.14. The van der Waals surface area contributed by atoms with Crippen molar-refractivity contribution in [1.29, 1.82) is 0 Å². The molecule has 13 heteroatoms. The van der Waals surface area contributed by atoms with Crippen molar-refractivity contribution in [2.45, 2.75) is 37.8 Å². The predicted molar refractivity (Wildman–Crippen MR) is 103 cm³/mol. The van der Waals surface area contributed by atoms with E-state index in [0.717, 1.165) is 12.1 Å². The predicted octanol–water partition coefficient (Wildman–Crippen LogP) is 4.84. The van der Waals surface area contributed by atoms with E-state index >= 15 is 0 Å². The highest BCUT2D eigenvalue weighted by Crippen LogP contribution is 2.34. The topological polar surface area (TPSA) is 80.9 Å². The summed E-state index contributed by atoms with van der Waals surface area (Å²) in [5.74, 6) is -0.401. The third-order valence-corrected chi connectivity index (χ3v) is 5.00. The number of aliphatic hydroxyl groups is 1. The van der Waals surface area contributed by atoms with Gasteiger partial charge in [-0.1, -0.05) is 17.3 Å². The van der Waals surface area contributed by atoms with Crippen LogP contribution in [0.3, 0.4) is 0 Å². The van der Waals surface area contributed by atoms with Gasteiger partial charge in [0.25, 0.3) is 0 Å². The highest BCUT2D eigenvalue weighted by molar-refractivity contribution is 5.55. The lowest BCUT2D eigenvalue weighted by molar-refractivity contribution is -0.275. The number of likely N-dealkylation sites (tertiary alicyclic amines) is 1. The molecule has 0 spiro atoms. The van der Waals surface area contributed by atoms with Gasteiger partial charge in [0.1, 0.15) is 11.5 Å². The number of nitrogens with zero attached hydrogens (tertiary/aromatic N) is 3. The molecule has 0 aliphatic carbocycles. The van der Waals surface area contributed by atoms with E-state index in [0.29, 0.717) is 11.1 Å². The lowest BCUT2D eigenvalue weighted by Crippen LogP contribution is -2.24. The molecule has 2 aromatic carbocycles. The molecule has 2 heterocycles. The quantitative estimate of drug-likeness (QED) is 0.497. The summed E-state index contributed by atoms with van der Waals surface area (Å²) < 4.78 is 86.9. The van der Waals surface area contributed by atoms with Crippen molar-refractivity contribution in [3.8, 4) is 22.9 Å². The van der Waals surface area contributed by atoms with Gasteiger partial charge < -0.3 is 19.1 Å². The fraction of sp³-hybridized carbons (Fsp3) is 0.333. The molecule has 1 N–H and O–H groups in total. The highest BCUT2D eigenvalue weighted by Gasteiger charge is 2.36. The Morgan fingerprint density at radius 3 is 2.03 bits per heavy atom. The zero-order valence-corrected chi connectivity index (χ0v) is 17.2. The first-order valence-corrected chi connectivity index (χ1v) is 9.92. The summed E-state index contributed by atoms with van der Waals surface area (Å²) in [6.45, 7) is 0.557. The van der Waals surface area contributed by atoms with E-state index in [1.54, 1.807) is 0 Å².